The number of nitrogen functional groups attached to an aromatic ring is 1. The molecule has 5 N–H and O–H groups in total. The second-order valence-corrected chi connectivity index (χ2v) is 5.86. The summed E-state index contributed by atoms with van der Waals surface area (Å²) in [5.41, 5.74) is 9.30. The third-order valence-electron chi connectivity index (χ3n) is 3.88. The van der Waals surface area contributed by atoms with E-state index < -0.39 is 5.82 Å². The summed E-state index contributed by atoms with van der Waals surface area (Å²) in [6, 6.07) is 12.4. The maximum Gasteiger partial charge on any atom is 0.229 e. The minimum atomic E-state index is -0.582. The quantitative estimate of drug-likeness (QED) is 0.539. The van der Waals surface area contributed by atoms with Gasteiger partial charge in [-0.2, -0.15) is 4.98 Å². The molecule has 3 aromatic rings. The molecule has 2 heterocycles. The summed E-state index contributed by atoms with van der Waals surface area (Å²) in [6.07, 6.45) is 1.42. The van der Waals surface area contributed by atoms with Gasteiger partial charge in [-0.25, -0.2) is 9.37 Å². The molecule has 0 atom stereocenters. The summed E-state index contributed by atoms with van der Waals surface area (Å²) >= 11 is 0. The molecule has 0 spiro atoms. The van der Waals surface area contributed by atoms with E-state index in [1.165, 1.54) is 0 Å². The SMILES string of the molecule is Nc1cccc(Nc2nc(Nc3ccc4c(c3)CC(=O)N4)ncc2F)c1. The lowest BCUT2D eigenvalue weighted by atomic mass is 10.1. The van der Waals surface area contributed by atoms with E-state index in [1.54, 1.807) is 36.4 Å². The Kier molecular flexibility index (Phi) is 3.85. The van der Waals surface area contributed by atoms with Gasteiger partial charge >= 0.3 is 0 Å². The molecule has 0 saturated carbocycles. The Morgan fingerprint density at radius 2 is 1.96 bits per heavy atom. The van der Waals surface area contributed by atoms with Crippen LogP contribution in [0.15, 0.2) is 48.7 Å². The van der Waals surface area contributed by atoms with Gasteiger partial charge in [-0.05, 0) is 42.0 Å². The number of fused-ring (bicyclic) bond motifs is 1. The van der Waals surface area contributed by atoms with Gasteiger partial charge in [0.05, 0.1) is 12.6 Å². The number of nitrogens with one attached hydrogen (secondary N) is 3. The number of anilines is 6. The highest BCUT2D eigenvalue weighted by molar-refractivity contribution is 5.99. The molecule has 26 heavy (non-hydrogen) atoms. The standard InChI is InChI=1S/C18H15FN6O/c19-14-9-21-18(25-17(14)22-12-3-1-2-11(20)8-12)23-13-4-5-15-10(6-13)7-16(26)24-15/h1-6,8-9H,7,20H2,(H,24,26)(H2,21,22,23,25). The number of rotatable bonds is 4. The van der Waals surface area contributed by atoms with Crippen molar-refractivity contribution < 1.29 is 9.18 Å². The zero-order valence-corrected chi connectivity index (χ0v) is 13.6. The Balaban J connectivity index is 1.56. The maximum atomic E-state index is 14.0. The smallest absolute Gasteiger partial charge is 0.229 e. The van der Waals surface area contributed by atoms with Gasteiger partial charge in [0.1, 0.15) is 0 Å². The zero-order chi connectivity index (χ0) is 18.1. The first-order valence-electron chi connectivity index (χ1n) is 7.92. The third-order valence-corrected chi connectivity index (χ3v) is 3.88. The van der Waals surface area contributed by atoms with E-state index in [2.05, 4.69) is 25.9 Å². The second kappa shape index (κ2) is 6.32. The van der Waals surface area contributed by atoms with Gasteiger partial charge in [-0.1, -0.05) is 6.07 Å². The number of nitrogens with two attached hydrogens (primary N) is 1. The molecular formula is C18H15FN6O. The average Bonchev–Trinajstić information content (AvgIpc) is 2.97. The number of hydrogen-bond acceptors (Lipinski definition) is 6. The highest BCUT2D eigenvalue weighted by Gasteiger charge is 2.17. The van der Waals surface area contributed by atoms with Crippen LogP contribution in [0.2, 0.25) is 0 Å². The van der Waals surface area contributed by atoms with Crippen molar-refractivity contribution in [3.8, 4) is 0 Å². The van der Waals surface area contributed by atoms with E-state index in [9.17, 15) is 9.18 Å². The molecule has 130 valence electrons. The number of carbonyl (C=O) groups excluding carboxylic acids is 1. The molecule has 0 radical (unpaired) electrons. The summed E-state index contributed by atoms with van der Waals surface area (Å²) in [5.74, 6) is -0.355. The fraction of sp³-hybridized carbons (Fsp3) is 0.0556. The Bertz CT molecular complexity index is 1010. The average molecular weight is 350 g/mol. The first-order valence-corrected chi connectivity index (χ1v) is 7.92. The van der Waals surface area contributed by atoms with Crippen LogP contribution in [0.25, 0.3) is 0 Å². The molecule has 0 unspecified atom stereocenters. The van der Waals surface area contributed by atoms with Crippen molar-refractivity contribution >= 4 is 40.4 Å². The van der Waals surface area contributed by atoms with Gasteiger partial charge in [0.25, 0.3) is 0 Å². The number of amides is 1. The molecule has 0 fully saturated rings. The van der Waals surface area contributed by atoms with Crippen LogP contribution in [-0.2, 0) is 11.2 Å². The van der Waals surface area contributed by atoms with Crippen molar-refractivity contribution in [2.75, 3.05) is 21.7 Å². The Hall–Kier alpha value is -3.68. The lowest BCUT2D eigenvalue weighted by molar-refractivity contribution is -0.115. The van der Waals surface area contributed by atoms with E-state index in [-0.39, 0.29) is 17.7 Å². The van der Waals surface area contributed by atoms with Crippen LogP contribution >= 0.6 is 0 Å². The summed E-state index contributed by atoms with van der Waals surface area (Å²) < 4.78 is 14.0. The van der Waals surface area contributed by atoms with Crippen molar-refractivity contribution in [2.45, 2.75) is 6.42 Å². The Labute approximate surface area is 148 Å². The first-order chi connectivity index (χ1) is 12.6. The van der Waals surface area contributed by atoms with Crippen molar-refractivity contribution in [2.24, 2.45) is 0 Å². The fourth-order valence-electron chi connectivity index (χ4n) is 2.70. The predicted molar refractivity (Wildman–Crippen MR) is 98.2 cm³/mol. The van der Waals surface area contributed by atoms with Gasteiger partial charge in [0.2, 0.25) is 11.9 Å². The third kappa shape index (κ3) is 3.25. The normalized spacial score (nSPS) is 12.4. The van der Waals surface area contributed by atoms with Crippen LogP contribution in [-0.4, -0.2) is 15.9 Å². The van der Waals surface area contributed by atoms with Gasteiger partial charge < -0.3 is 21.7 Å². The lowest BCUT2D eigenvalue weighted by Crippen LogP contribution is -2.03. The van der Waals surface area contributed by atoms with Crippen molar-refractivity contribution in [1.29, 1.82) is 0 Å². The van der Waals surface area contributed by atoms with Gasteiger partial charge in [-0.15, -0.1) is 0 Å². The predicted octanol–water partition coefficient (Wildman–Crippen LogP) is 3.18. The van der Waals surface area contributed by atoms with Crippen LogP contribution in [0.5, 0.6) is 0 Å². The minimum absolute atomic E-state index is 0.0334. The van der Waals surface area contributed by atoms with Crippen LogP contribution in [0, 0.1) is 5.82 Å². The minimum Gasteiger partial charge on any atom is -0.399 e. The van der Waals surface area contributed by atoms with E-state index in [0.29, 0.717) is 23.5 Å². The van der Waals surface area contributed by atoms with E-state index in [0.717, 1.165) is 17.4 Å². The Morgan fingerprint density at radius 3 is 2.81 bits per heavy atom. The monoisotopic (exact) mass is 350 g/mol. The summed E-state index contributed by atoms with van der Waals surface area (Å²) in [6.45, 7) is 0. The maximum absolute atomic E-state index is 14.0. The van der Waals surface area contributed by atoms with Gasteiger partial charge in [-0.3, -0.25) is 4.79 Å². The Morgan fingerprint density at radius 1 is 1.12 bits per heavy atom. The van der Waals surface area contributed by atoms with Crippen LogP contribution < -0.4 is 21.7 Å². The molecule has 1 aliphatic heterocycles. The first kappa shape index (κ1) is 15.8. The molecule has 4 rings (SSSR count). The van der Waals surface area contributed by atoms with Crippen LogP contribution in [0.4, 0.5) is 38.9 Å². The topological polar surface area (TPSA) is 105 Å². The summed E-state index contributed by atoms with van der Waals surface area (Å²) in [4.78, 5) is 19.6. The number of nitrogens with zero attached hydrogens (tertiary/aromatic N) is 2. The van der Waals surface area contributed by atoms with Crippen molar-refractivity contribution in [3.05, 3.63) is 60.0 Å². The zero-order valence-electron chi connectivity index (χ0n) is 13.6. The van der Waals surface area contributed by atoms with Crippen molar-refractivity contribution in [1.82, 2.24) is 9.97 Å². The van der Waals surface area contributed by atoms with Crippen LogP contribution in [0.3, 0.4) is 0 Å². The second-order valence-electron chi connectivity index (χ2n) is 5.86. The van der Waals surface area contributed by atoms with E-state index in [1.807, 2.05) is 6.07 Å². The van der Waals surface area contributed by atoms with E-state index >= 15 is 0 Å². The largest absolute Gasteiger partial charge is 0.399 e. The molecule has 1 aliphatic rings. The number of carbonyl (C=O) groups is 1. The lowest BCUT2D eigenvalue weighted by Gasteiger charge is -2.10. The van der Waals surface area contributed by atoms with E-state index in [4.69, 9.17) is 5.73 Å². The summed E-state index contributed by atoms with van der Waals surface area (Å²) in [5, 5.41) is 8.68. The van der Waals surface area contributed by atoms with Gasteiger partial charge in [0.15, 0.2) is 11.6 Å². The molecule has 1 aromatic heterocycles. The molecule has 0 bridgehead atoms. The molecule has 8 heteroatoms. The molecular weight excluding hydrogens is 335 g/mol. The highest BCUT2D eigenvalue weighted by Crippen LogP contribution is 2.27. The molecule has 7 nitrogen and oxygen atoms in total. The van der Waals surface area contributed by atoms with Crippen LogP contribution in [0.1, 0.15) is 5.56 Å². The van der Waals surface area contributed by atoms with Gasteiger partial charge in [0, 0.05) is 22.7 Å². The number of aromatic nitrogens is 2. The number of hydrogen-bond donors (Lipinski definition) is 4. The molecule has 0 aliphatic carbocycles. The summed E-state index contributed by atoms with van der Waals surface area (Å²) in [7, 11) is 0. The molecule has 0 saturated heterocycles. The number of halogens is 1. The molecule has 1 amide bonds. The fourth-order valence-corrected chi connectivity index (χ4v) is 2.70. The number of benzene rings is 2. The van der Waals surface area contributed by atoms with Crippen molar-refractivity contribution in [3.63, 3.8) is 0 Å². The highest BCUT2D eigenvalue weighted by atomic mass is 19.1. The molecule has 2 aromatic carbocycles.